The number of carbonyl (C=O) groups is 1. The van der Waals surface area contributed by atoms with Crippen LogP contribution in [0.25, 0.3) is 21.7 Å². The molecule has 5 nitrogen and oxygen atoms in total. The molecule has 0 fully saturated rings. The van der Waals surface area contributed by atoms with Crippen molar-refractivity contribution < 1.29 is 9.53 Å². The molecule has 0 saturated carbocycles. The number of fused-ring (bicyclic) bond motifs is 2. The van der Waals surface area contributed by atoms with E-state index in [1.165, 1.54) is 0 Å². The Morgan fingerprint density at radius 3 is 2.77 bits per heavy atom. The van der Waals surface area contributed by atoms with E-state index in [2.05, 4.69) is 15.2 Å². The normalized spacial score (nSPS) is 10.9. The summed E-state index contributed by atoms with van der Waals surface area (Å²) in [5.74, 6) is 1.37. The SMILES string of the molecule is O=Cc1[nH]nc2ccc(Oc3ccc4ccncc4c3)cc12. The number of ether oxygens (including phenoxy) is 1. The van der Waals surface area contributed by atoms with Crippen LogP contribution in [-0.4, -0.2) is 21.5 Å². The Labute approximate surface area is 125 Å². The van der Waals surface area contributed by atoms with Crippen LogP contribution in [0.3, 0.4) is 0 Å². The third-order valence-electron chi connectivity index (χ3n) is 3.52. The molecule has 0 amide bonds. The molecule has 0 aliphatic heterocycles. The molecule has 2 aromatic heterocycles. The molecular weight excluding hydrogens is 278 g/mol. The molecule has 0 bridgehead atoms. The van der Waals surface area contributed by atoms with Gasteiger partial charge in [0.25, 0.3) is 0 Å². The molecule has 0 saturated heterocycles. The highest BCUT2D eigenvalue weighted by Gasteiger charge is 2.07. The van der Waals surface area contributed by atoms with Crippen LogP contribution in [0.15, 0.2) is 54.9 Å². The largest absolute Gasteiger partial charge is 0.457 e. The van der Waals surface area contributed by atoms with Crippen molar-refractivity contribution in [1.29, 1.82) is 0 Å². The van der Waals surface area contributed by atoms with Crippen molar-refractivity contribution in [2.75, 3.05) is 0 Å². The summed E-state index contributed by atoms with van der Waals surface area (Å²) >= 11 is 0. The molecular formula is C17H11N3O2. The summed E-state index contributed by atoms with van der Waals surface area (Å²) < 4.78 is 5.88. The molecule has 0 aliphatic carbocycles. The van der Waals surface area contributed by atoms with Gasteiger partial charge in [0.05, 0.1) is 5.52 Å². The molecule has 4 aromatic rings. The van der Waals surface area contributed by atoms with Crippen molar-refractivity contribution in [2.24, 2.45) is 0 Å². The zero-order valence-electron chi connectivity index (χ0n) is 11.5. The Morgan fingerprint density at radius 2 is 1.86 bits per heavy atom. The maximum Gasteiger partial charge on any atom is 0.168 e. The van der Waals surface area contributed by atoms with E-state index in [9.17, 15) is 4.79 Å². The number of aromatic nitrogens is 3. The zero-order chi connectivity index (χ0) is 14.9. The minimum absolute atomic E-state index is 0.447. The van der Waals surface area contributed by atoms with Gasteiger partial charge in [-0.1, -0.05) is 6.07 Å². The molecule has 5 heteroatoms. The molecule has 1 N–H and O–H groups in total. The summed E-state index contributed by atoms with van der Waals surface area (Å²) in [6.07, 6.45) is 4.31. The third-order valence-corrected chi connectivity index (χ3v) is 3.52. The van der Waals surface area contributed by atoms with Gasteiger partial charge in [0, 0.05) is 23.2 Å². The summed E-state index contributed by atoms with van der Waals surface area (Å²) in [6.45, 7) is 0. The Morgan fingerprint density at radius 1 is 1.00 bits per heavy atom. The Hall–Kier alpha value is -3.21. The van der Waals surface area contributed by atoms with Crippen molar-refractivity contribution in [3.63, 3.8) is 0 Å². The fourth-order valence-electron chi connectivity index (χ4n) is 2.43. The predicted octanol–water partition coefficient (Wildman–Crippen LogP) is 3.72. The molecule has 0 atom stereocenters. The van der Waals surface area contributed by atoms with Gasteiger partial charge in [-0.05, 0) is 41.8 Å². The number of aromatic amines is 1. The minimum atomic E-state index is 0.447. The number of nitrogens with zero attached hydrogens (tertiary/aromatic N) is 2. The second kappa shape index (κ2) is 4.96. The van der Waals surface area contributed by atoms with Gasteiger partial charge in [0.15, 0.2) is 6.29 Å². The van der Waals surface area contributed by atoms with E-state index in [0.717, 1.165) is 33.7 Å². The average molecular weight is 289 g/mol. The monoisotopic (exact) mass is 289 g/mol. The van der Waals surface area contributed by atoms with Crippen LogP contribution in [-0.2, 0) is 0 Å². The topological polar surface area (TPSA) is 67.9 Å². The van der Waals surface area contributed by atoms with Crippen molar-refractivity contribution in [3.8, 4) is 11.5 Å². The van der Waals surface area contributed by atoms with E-state index in [0.29, 0.717) is 11.4 Å². The van der Waals surface area contributed by atoms with Crippen molar-refractivity contribution in [1.82, 2.24) is 15.2 Å². The van der Waals surface area contributed by atoms with E-state index in [1.54, 1.807) is 18.5 Å². The Balaban J connectivity index is 1.73. The first-order valence-electron chi connectivity index (χ1n) is 6.78. The van der Waals surface area contributed by atoms with Crippen LogP contribution in [0.2, 0.25) is 0 Å². The van der Waals surface area contributed by atoms with Gasteiger partial charge in [-0.15, -0.1) is 0 Å². The van der Waals surface area contributed by atoms with Crippen LogP contribution in [0, 0.1) is 0 Å². The first-order chi connectivity index (χ1) is 10.8. The van der Waals surface area contributed by atoms with Crippen molar-refractivity contribution >= 4 is 28.0 Å². The molecule has 106 valence electrons. The first-order valence-corrected chi connectivity index (χ1v) is 6.78. The highest BCUT2D eigenvalue weighted by molar-refractivity contribution is 5.95. The number of rotatable bonds is 3. The van der Waals surface area contributed by atoms with Crippen LogP contribution >= 0.6 is 0 Å². The number of hydrogen-bond acceptors (Lipinski definition) is 4. The predicted molar refractivity (Wildman–Crippen MR) is 83.3 cm³/mol. The third kappa shape index (κ3) is 2.09. The standard InChI is InChI=1S/C17H11N3O2/c21-10-17-15-8-14(3-4-16(15)19-20-17)22-13-2-1-11-5-6-18-9-12(11)7-13/h1-10H,(H,19,20). The fraction of sp³-hybridized carbons (Fsp3) is 0. The summed E-state index contributed by atoms with van der Waals surface area (Å²) in [4.78, 5) is 15.1. The van der Waals surface area contributed by atoms with E-state index in [-0.39, 0.29) is 0 Å². The quantitative estimate of drug-likeness (QED) is 0.584. The number of carbonyl (C=O) groups excluding carboxylic acids is 1. The molecule has 4 rings (SSSR count). The Kier molecular flexibility index (Phi) is 2.83. The van der Waals surface area contributed by atoms with E-state index >= 15 is 0 Å². The van der Waals surface area contributed by atoms with E-state index in [1.807, 2.05) is 36.4 Å². The summed E-state index contributed by atoms with van der Waals surface area (Å²) in [5.41, 5.74) is 1.18. The van der Waals surface area contributed by atoms with Gasteiger partial charge in [0.2, 0.25) is 0 Å². The van der Waals surface area contributed by atoms with Gasteiger partial charge >= 0.3 is 0 Å². The lowest BCUT2D eigenvalue weighted by Gasteiger charge is -2.07. The first kappa shape index (κ1) is 12.5. The number of benzene rings is 2. The highest BCUT2D eigenvalue weighted by atomic mass is 16.5. The van der Waals surface area contributed by atoms with Crippen LogP contribution in [0.4, 0.5) is 0 Å². The van der Waals surface area contributed by atoms with Gasteiger partial charge in [-0.25, -0.2) is 0 Å². The van der Waals surface area contributed by atoms with Gasteiger partial charge < -0.3 is 4.74 Å². The lowest BCUT2D eigenvalue weighted by Crippen LogP contribution is -1.85. The second-order valence-electron chi connectivity index (χ2n) is 4.92. The molecule has 0 spiro atoms. The maximum absolute atomic E-state index is 11.0. The lowest BCUT2D eigenvalue weighted by molar-refractivity contribution is 0.112. The number of aldehydes is 1. The molecule has 2 aromatic carbocycles. The maximum atomic E-state index is 11.0. The molecule has 2 heterocycles. The van der Waals surface area contributed by atoms with Crippen molar-refractivity contribution in [2.45, 2.75) is 0 Å². The second-order valence-corrected chi connectivity index (χ2v) is 4.92. The van der Waals surface area contributed by atoms with Gasteiger partial charge in [-0.3, -0.25) is 14.9 Å². The van der Waals surface area contributed by atoms with Crippen LogP contribution < -0.4 is 4.74 Å². The minimum Gasteiger partial charge on any atom is -0.457 e. The van der Waals surface area contributed by atoms with Gasteiger partial charge in [0.1, 0.15) is 17.2 Å². The number of H-pyrrole nitrogens is 1. The molecule has 0 unspecified atom stereocenters. The fourth-order valence-corrected chi connectivity index (χ4v) is 2.43. The molecule has 0 aliphatic rings. The van der Waals surface area contributed by atoms with Crippen LogP contribution in [0.1, 0.15) is 10.5 Å². The molecule has 0 radical (unpaired) electrons. The lowest BCUT2D eigenvalue weighted by atomic mass is 10.2. The average Bonchev–Trinajstić information content (AvgIpc) is 2.97. The smallest absolute Gasteiger partial charge is 0.168 e. The van der Waals surface area contributed by atoms with Crippen LogP contribution in [0.5, 0.6) is 11.5 Å². The zero-order valence-corrected chi connectivity index (χ0v) is 11.5. The summed E-state index contributed by atoms with van der Waals surface area (Å²) in [6, 6.07) is 13.2. The number of pyridine rings is 1. The number of hydrogen-bond donors (Lipinski definition) is 1. The highest BCUT2D eigenvalue weighted by Crippen LogP contribution is 2.28. The van der Waals surface area contributed by atoms with Gasteiger partial charge in [-0.2, -0.15) is 5.10 Å². The Bertz CT molecular complexity index is 991. The van der Waals surface area contributed by atoms with E-state index < -0.39 is 0 Å². The van der Waals surface area contributed by atoms with E-state index in [4.69, 9.17) is 4.74 Å². The number of nitrogens with one attached hydrogen (secondary N) is 1. The molecule has 22 heavy (non-hydrogen) atoms. The van der Waals surface area contributed by atoms with Crippen molar-refractivity contribution in [3.05, 3.63) is 60.6 Å². The summed E-state index contributed by atoms with van der Waals surface area (Å²) in [7, 11) is 0. The summed E-state index contributed by atoms with van der Waals surface area (Å²) in [5, 5.41) is 9.62.